The van der Waals surface area contributed by atoms with Crippen molar-refractivity contribution in [1.29, 1.82) is 0 Å². The van der Waals surface area contributed by atoms with Crippen molar-refractivity contribution >= 4 is 66.0 Å². The fourth-order valence-electron chi connectivity index (χ4n) is 4.16. The number of imidazole rings is 1. The molecule has 6 atom stereocenters. The normalized spacial score (nSPS) is 31.5. The molecule has 0 saturated carbocycles. The molecular formula is C18H20FN9O8P2S3. The first-order valence-electron chi connectivity index (χ1n) is 11.6. The summed E-state index contributed by atoms with van der Waals surface area (Å²) >= 11 is 10.4. The minimum Gasteiger partial charge on any atom is -0.369 e. The molecule has 6 heterocycles. The Morgan fingerprint density at radius 2 is 2.15 bits per heavy atom. The van der Waals surface area contributed by atoms with Gasteiger partial charge in [-0.15, -0.1) is 16.4 Å². The lowest BCUT2D eigenvalue weighted by Crippen LogP contribution is -2.32. The molecular weight excluding hydrogens is 647 g/mol. The van der Waals surface area contributed by atoms with E-state index in [9.17, 15) is 14.3 Å². The average Bonchev–Trinajstić information content (AvgIpc) is 3.69. The summed E-state index contributed by atoms with van der Waals surface area (Å²) < 4.78 is 59.4. The number of aromatic amines is 1. The predicted molar refractivity (Wildman–Crippen MR) is 147 cm³/mol. The lowest BCUT2D eigenvalue weighted by Gasteiger charge is -2.23. The van der Waals surface area contributed by atoms with Crippen molar-refractivity contribution in [3.05, 3.63) is 34.2 Å². The van der Waals surface area contributed by atoms with E-state index in [1.165, 1.54) is 20.6 Å². The summed E-state index contributed by atoms with van der Waals surface area (Å²) in [6.07, 6.45) is -3.71. The number of hydrogen-bond donors (Lipinski definition) is 4. The van der Waals surface area contributed by atoms with Crippen LogP contribution < -0.4 is 11.3 Å². The van der Waals surface area contributed by atoms with Crippen molar-refractivity contribution in [2.45, 2.75) is 37.8 Å². The van der Waals surface area contributed by atoms with E-state index in [0.29, 0.717) is 10.7 Å². The molecule has 23 heteroatoms. The van der Waals surface area contributed by atoms with Crippen LogP contribution in [0.2, 0.25) is 0 Å². The third kappa shape index (κ3) is 6.02. The largest absolute Gasteiger partial charge is 0.387 e. The number of ether oxygens (including phenoxy) is 1. The average molecular weight is 668 g/mol. The number of H-pyrrole nitrogens is 1. The van der Waals surface area contributed by atoms with Crippen molar-refractivity contribution < 1.29 is 36.7 Å². The summed E-state index contributed by atoms with van der Waals surface area (Å²) in [4.78, 5) is 42.3. The summed E-state index contributed by atoms with van der Waals surface area (Å²) in [5.41, 5.74) is 6.48. The van der Waals surface area contributed by atoms with Crippen LogP contribution in [0.4, 0.5) is 10.3 Å². The van der Waals surface area contributed by atoms with E-state index in [1.54, 1.807) is 11.7 Å². The number of alkyl halides is 1. The standard InChI is InChI=1S/C18H20FN9O8P2S3/c19-11-8-4-33-37(30,39)32-2-1-28-10(23-14(26-28)9-3-21-7-41-9)5-34-38(31,40)36-13(11)17(35-8)27-6-22-12-15(27)24-18(20)25-16(12)29/h3,6-8,11,13,17H,1-2,4-5H2,(H,30,39)(H,31,40)(H3,20,24,25,29)/t8-,11-,13-,17?,37?,38?/m1/s1. The van der Waals surface area contributed by atoms with Crippen molar-refractivity contribution in [2.75, 3.05) is 18.9 Å². The Labute approximate surface area is 243 Å². The van der Waals surface area contributed by atoms with Crippen LogP contribution in [0.1, 0.15) is 12.1 Å². The van der Waals surface area contributed by atoms with Crippen LogP contribution in [0.25, 0.3) is 21.9 Å². The molecule has 2 bridgehead atoms. The summed E-state index contributed by atoms with van der Waals surface area (Å²) in [7, 11) is 0. The van der Waals surface area contributed by atoms with E-state index < -0.39 is 56.9 Å². The summed E-state index contributed by atoms with van der Waals surface area (Å²) in [6, 6.07) is 0. The van der Waals surface area contributed by atoms with Gasteiger partial charge in [0.2, 0.25) is 5.95 Å². The third-order valence-corrected chi connectivity index (χ3v) is 9.94. The predicted octanol–water partition coefficient (Wildman–Crippen LogP) is 1.56. The summed E-state index contributed by atoms with van der Waals surface area (Å²) in [6.45, 7) is -9.23. The zero-order valence-corrected chi connectivity index (χ0v) is 24.7. The Morgan fingerprint density at radius 1 is 1.32 bits per heavy atom. The first kappa shape index (κ1) is 28.9. The Bertz CT molecular complexity index is 1740. The first-order chi connectivity index (χ1) is 19.5. The Kier molecular flexibility index (Phi) is 7.88. The highest BCUT2D eigenvalue weighted by Crippen LogP contribution is 2.57. The molecule has 2 aliphatic rings. The third-order valence-electron chi connectivity index (χ3n) is 5.96. The molecule has 4 aromatic heterocycles. The number of halogens is 1. The molecule has 2 aliphatic heterocycles. The molecule has 220 valence electrons. The van der Waals surface area contributed by atoms with E-state index in [0.717, 1.165) is 6.33 Å². The highest BCUT2D eigenvalue weighted by Gasteiger charge is 2.51. The van der Waals surface area contributed by atoms with Gasteiger partial charge in [-0.2, -0.15) is 4.98 Å². The SMILES string of the molecule is Nc1nc2c(ncn2C2O[C@@H]3COP(O)(=S)OCCn4nc(-c5cncs5)nc4COP(=O)(S)O[C@@H]2[C@@H]3F)c(=O)[nH]1. The minimum atomic E-state index is -4.31. The number of thiazole rings is 1. The van der Waals surface area contributed by atoms with Crippen LogP contribution >= 0.6 is 37.1 Å². The molecule has 0 radical (unpaired) electrons. The number of fused-ring (bicyclic) bond motifs is 4. The molecule has 6 rings (SSSR count). The highest BCUT2D eigenvalue weighted by molar-refractivity contribution is 8.44. The maximum absolute atomic E-state index is 15.8. The molecule has 17 nitrogen and oxygen atoms in total. The van der Waals surface area contributed by atoms with Crippen LogP contribution in [0.5, 0.6) is 0 Å². The fourth-order valence-corrected chi connectivity index (χ4v) is 7.20. The van der Waals surface area contributed by atoms with Gasteiger partial charge in [0.15, 0.2) is 35.2 Å². The Balaban J connectivity index is 1.35. The van der Waals surface area contributed by atoms with Gasteiger partial charge in [-0.1, -0.05) is 12.2 Å². The maximum atomic E-state index is 15.8. The van der Waals surface area contributed by atoms with Crippen molar-refractivity contribution in [3.63, 3.8) is 0 Å². The van der Waals surface area contributed by atoms with Crippen molar-refractivity contribution in [2.24, 2.45) is 0 Å². The number of rotatable bonds is 2. The van der Waals surface area contributed by atoms with Gasteiger partial charge in [0, 0.05) is 6.20 Å². The molecule has 1 saturated heterocycles. The molecule has 3 unspecified atom stereocenters. The maximum Gasteiger partial charge on any atom is 0.387 e. The molecule has 0 amide bonds. The van der Waals surface area contributed by atoms with Gasteiger partial charge in [0.25, 0.3) is 5.56 Å². The lowest BCUT2D eigenvalue weighted by atomic mass is 10.1. The van der Waals surface area contributed by atoms with Crippen LogP contribution in [-0.4, -0.2) is 75.8 Å². The van der Waals surface area contributed by atoms with E-state index in [4.69, 9.17) is 40.4 Å². The molecule has 0 spiro atoms. The molecule has 41 heavy (non-hydrogen) atoms. The number of nitrogens with one attached hydrogen (secondary N) is 1. The summed E-state index contributed by atoms with van der Waals surface area (Å²) in [5, 5.41) is 4.40. The number of hydrogen-bond acceptors (Lipinski definition) is 15. The molecule has 0 aliphatic carbocycles. The quantitative estimate of drug-likeness (QED) is 0.176. The fraction of sp³-hybridized carbons (Fsp3) is 0.444. The van der Waals surface area contributed by atoms with Crippen LogP contribution in [0.15, 0.2) is 22.8 Å². The van der Waals surface area contributed by atoms with Gasteiger partial charge in [-0.3, -0.25) is 28.4 Å². The minimum absolute atomic E-state index is 0.0535. The number of nitrogens with two attached hydrogens (primary N) is 1. The smallest absolute Gasteiger partial charge is 0.369 e. The zero-order valence-electron chi connectivity index (χ0n) is 20.4. The molecule has 1 fully saturated rings. The Morgan fingerprint density at radius 3 is 2.93 bits per heavy atom. The second-order valence-electron chi connectivity index (χ2n) is 8.63. The van der Waals surface area contributed by atoms with Gasteiger partial charge in [-0.25, -0.2) is 23.6 Å². The van der Waals surface area contributed by atoms with E-state index >= 15 is 4.39 Å². The lowest BCUT2D eigenvalue weighted by molar-refractivity contribution is -0.0454. The van der Waals surface area contributed by atoms with Gasteiger partial charge in [-0.05, 0) is 11.8 Å². The highest BCUT2D eigenvalue weighted by atomic mass is 32.7. The molecule has 4 N–H and O–H groups in total. The van der Waals surface area contributed by atoms with Crippen LogP contribution in [0.3, 0.4) is 0 Å². The monoisotopic (exact) mass is 667 g/mol. The van der Waals surface area contributed by atoms with Crippen molar-refractivity contribution in [3.8, 4) is 10.7 Å². The van der Waals surface area contributed by atoms with Crippen LogP contribution in [0, 0.1) is 0 Å². The number of aromatic nitrogens is 8. The second kappa shape index (κ2) is 11.2. The Hall–Kier alpha value is -2.16. The number of nitrogen functional groups attached to an aromatic ring is 1. The van der Waals surface area contributed by atoms with Gasteiger partial charge >= 0.3 is 13.5 Å². The van der Waals surface area contributed by atoms with E-state index in [2.05, 4.69) is 42.3 Å². The molecule has 0 aromatic carbocycles. The first-order valence-corrected chi connectivity index (χ1v) is 17.8. The topological polar surface area (TPSA) is 217 Å². The van der Waals surface area contributed by atoms with Gasteiger partial charge < -0.3 is 24.4 Å². The van der Waals surface area contributed by atoms with Crippen LogP contribution in [-0.2, 0) is 52.4 Å². The number of nitrogens with zero attached hydrogens (tertiary/aromatic N) is 7. The molecule has 4 aromatic rings. The van der Waals surface area contributed by atoms with E-state index in [1.807, 2.05) is 0 Å². The number of thiol groups is 1. The van der Waals surface area contributed by atoms with Gasteiger partial charge in [0.1, 0.15) is 18.8 Å². The zero-order chi connectivity index (χ0) is 28.9. The van der Waals surface area contributed by atoms with Crippen molar-refractivity contribution in [1.82, 2.24) is 39.3 Å². The van der Waals surface area contributed by atoms with Gasteiger partial charge in [0.05, 0.1) is 36.5 Å². The second-order valence-corrected chi connectivity index (χ2v) is 15.2. The summed E-state index contributed by atoms with van der Waals surface area (Å²) in [5.74, 6) is 0.283. The van der Waals surface area contributed by atoms with E-state index in [-0.39, 0.29) is 36.1 Å². The number of anilines is 1.